The van der Waals surface area contributed by atoms with E-state index < -0.39 is 11.8 Å². The van der Waals surface area contributed by atoms with Gasteiger partial charge in [-0.2, -0.15) is 0 Å². The highest BCUT2D eigenvalue weighted by Crippen LogP contribution is 2.21. The fourth-order valence-corrected chi connectivity index (χ4v) is 3.03. The van der Waals surface area contributed by atoms with Gasteiger partial charge in [-0.05, 0) is 36.9 Å². The van der Waals surface area contributed by atoms with Crippen LogP contribution in [0.1, 0.15) is 13.3 Å². The van der Waals surface area contributed by atoms with E-state index in [0.717, 1.165) is 23.9 Å². The molecule has 0 bridgehead atoms. The van der Waals surface area contributed by atoms with Crippen molar-refractivity contribution in [3.05, 3.63) is 30.5 Å². The number of likely N-dealkylation sites (tertiary alicyclic amines) is 1. The number of hydrogen-bond donors (Lipinski definition) is 2. The highest BCUT2D eigenvalue weighted by molar-refractivity contribution is 6.39. The Kier molecular flexibility index (Phi) is 4.34. The Morgan fingerprint density at radius 1 is 1.35 bits per heavy atom. The summed E-state index contributed by atoms with van der Waals surface area (Å²) < 4.78 is 2.08. The lowest BCUT2D eigenvalue weighted by Gasteiger charge is -2.15. The number of aliphatic hydroxyl groups excluding tert-OH is 1. The first kappa shape index (κ1) is 15.6. The van der Waals surface area contributed by atoms with Gasteiger partial charge in [-0.1, -0.05) is 6.07 Å². The molecule has 1 aliphatic rings. The third kappa shape index (κ3) is 3.07. The van der Waals surface area contributed by atoms with Crippen LogP contribution in [0.3, 0.4) is 0 Å². The topological polar surface area (TPSA) is 74.6 Å². The van der Waals surface area contributed by atoms with Gasteiger partial charge < -0.3 is 19.9 Å². The zero-order chi connectivity index (χ0) is 16.4. The quantitative estimate of drug-likeness (QED) is 0.842. The van der Waals surface area contributed by atoms with Crippen molar-refractivity contribution in [2.75, 3.05) is 25.0 Å². The van der Waals surface area contributed by atoms with E-state index in [-0.39, 0.29) is 12.5 Å². The number of anilines is 1. The summed E-state index contributed by atoms with van der Waals surface area (Å²) in [5.41, 5.74) is 1.64. The maximum absolute atomic E-state index is 12.2. The number of amides is 2. The normalized spacial score (nSPS) is 17.7. The zero-order valence-corrected chi connectivity index (χ0v) is 13.2. The van der Waals surface area contributed by atoms with Crippen molar-refractivity contribution in [1.82, 2.24) is 9.47 Å². The summed E-state index contributed by atoms with van der Waals surface area (Å²) in [5.74, 6) is -1.08. The van der Waals surface area contributed by atoms with Crippen LogP contribution in [0, 0.1) is 5.92 Å². The molecule has 1 aliphatic heterocycles. The lowest BCUT2D eigenvalue weighted by atomic mass is 10.1. The molecule has 2 heterocycles. The molecule has 0 saturated carbocycles. The lowest BCUT2D eigenvalue weighted by molar-refractivity contribution is -0.142. The minimum absolute atomic E-state index is 0.0517. The average molecular weight is 315 g/mol. The standard InChI is InChI=1S/C17H21N3O3/c1-2-19-8-6-13-3-4-14(9-15(13)19)18-16(22)17(23)20-7-5-12(10-20)11-21/h3-4,6,8-9,12,21H,2,5,7,10-11H2,1H3,(H,18,22). The molecule has 1 aromatic carbocycles. The molecule has 1 saturated heterocycles. The maximum Gasteiger partial charge on any atom is 0.313 e. The Morgan fingerprint density at radius 3 is 2.87 bits per heavy atom. The smallest absolute Gasteiger partial charge is 0.313 e. The molecule has 1 atom stereocenters. The maximum atomic E-state index is 12.2. The molecule has 0 spiro atoms. The van der Waals surface area contributed by atoms with Crippen molar-refractivity contribution < 1.29 is 14.7 Å². The molecule has 0 aliphatic carbocycles. The molecule has 0 radical (unpaired) electrons. The van der Waals surface area contributed by atoms with Crippen LogP contribution in [-0.2, 0) is 16.1 Å². The number of aliphatic hydroxyl groups is 1. The minimum Gasteiger partial charge on any atom is -0.396 e. The molecule has 23 heavy (non-hydrogen) atoms. The fraction of sp³-hybridized carbons (Fsp3) is 0.412. The average Bonchev–Trinajstić information content (AvgIpc) is 3.20. The van der Waals surface area contributed by atoms with Gasteiger partial charge in [0.25, 0.3) is 0 Å². The molecule has 6 nitrogen and oxygen atoms in total. The van der Waals surface area contributed by atoms with Crippen LogP contribution in [0.25, 0.3) is 10.9 Å². The van der Waals surface area contributed by atoms with Crippen LogP contribution >= 0.6 is 0 Å². The molecule has 2 amide bonds. The molecule has 1 aromatic heterocycles. The van der Waals surface area contributed by atoms with Gasteiger partial charge in [-0.15, -0.1) is 0 Å². The number of fused-ring (bicyclic) bond motifs is 1. The summed E-state index contributed by atoms with van der Waals surface area (Å²) >= 11 is 0. The Balaban J connectivity index is 1.71. The van der Waals surface area contributed by atoms with Crippen molar-refractivity contribution in [3.63, 3.8) is 0 Å². The van der Waals surface area contributed by atoms with Crippen LogP contribution in [0.2, 0.25) is 0 Å². The van der Waals surface area contributed by atoms with Gasteiger partial charge in [0.2, 0.25) is 0 Å². The molecule has 6 heteroatoms. The van der Waals surface area contributed by atoms with Crippen molar-refractivity contribution in [2.45, 2.75) is 19.9 Å². The molecule has 3 rings (SSSR count). The highest BCUT2D eigenvalue weighted by Gasteiger charge is 2.29. The second-order valence-electron chi connectivity index (χ2n) is 5.92. The van der Waals surface area contributed by atoms with Gasteiger partial charge in [-0.3, -0.25) is 9.59 Å². The first-order valence-corrected chi connectivity index (χ1v) is 7.92. The fourth-order valence-electron chi connectivity index (χ4n) is 3.03. The molecule has 122 valence electrons. The molecular formula is C17H21N3O3. The van der Waals surface area contributed by atoms with Crippen LogP contribution in [0.4, 0.5) is 5.69 Å². The molecule has 2 aromatic rings. The third-order valence-corrected chi connectivity index (χ3v) is 4.40. The highest BCUT2D eigenvalue weighted by atomic mass is 16.3. The summed E-state index contributed by atoms with van der Waals surface area (Å²) in [7, 11) is 0. The van der Waals surface area contributed by atoms with E-state index in [1.165, 1.54) is 4.90 Å². The number of nitrogens with one attached hydrogen (secondary N) is 1. The minimum atomic E-state index is -0.627. The van der Waals surface area contributed by atoms with Crippen LogP contribution in [0.5, 0.6) is 0 Å². The van der Waals surface area contributed by atoms with Crippen molar-refractivity contribution in [3.8, 4) is 0 Å². The SMILES string of the molecule is CCn1ccc2ccc(NC(=O)C(=O)N3CCC(CO)C3)cc21. The zero-order valence-electron chi connectivity index (χ0n) is 13.2. The van der Waals surface area contributed by atoms with E-state index in [1.807, 2.05) is 24.4 Å². The first-order chi connectivity index (χ1) is 11.1. The Bertz CT molecular complexity index is 738. The predicted octanol–water partition coefficient (Wildman–Crippen LogP) is 1.44. The Morgan fingerprint density at radius 2 is 2.17 bits per heavy atom. The second kappa shape index (κ2) is 6.42. The summed E-state index contributed by atoms with van der Waals surface area (Å²) in [4.78, 5) is 25.8. The number of carbonyl (C=O) groups excluding carboxylic acids is 2. The molecular weight excluding hydrogens is 294 g/mol. The first-order valence-electron chi connectivity index (χ1n) is 7.92. The van der Waals surface area contributed by atoms with Gasteiger partial charge in [0.05, 0.1) is 5.52 Å². The summed E-state index contributed by atoms with van der Waals surface area (Å²) in [6, 6.07) is 7.63. The summed E-state index contributed by atoms with van der Waals surface area (Å²) in [5, 5.41) is 12.9. The molecule has 1 unspecified atom stereocenters. The number of rotatable bonds is 3. The van der Waals surface area contributed by atoms with E-state index in [1.54, 1.807) is 6.07 Å². The van der Waals surface area contributed by atoms with Crippen LogP contribution in [0.15, 0.2) is 30.5 Å². The van der Waals surface area contributed by atoms with Crippen molar-refractivity contribution >= 4 is 28.4 Å². The van der Waals surface area contributed by atoms with Gasteiger partial charge in [0.1, 0.15) is 0 Å². The summed E-state index contributed by atoms with van der Waals surface area (Å²) in [6.07, 6.45) is 2.74. The number of hydrogen-bond acceptors (Lipinski definition) is 3. The van der Waals surface area contributed by atoms with Crippen LogP contribution in [-0.4, -0.2) is 46.1 Å². The van der Waals surface area contributed by atoms with Gasteiger partial charge in [0, 0.05) is 44.0 Å². The summed E-state index contributed by atoms with van der Waals surface area (Å²) in [6.45, 7) is 3.92. The second-order valence-corrected chi connectivity index (χ2v) is 5.92. The molecule has 1 fully saturated rings. The number of benzene rings is 1. The third-order valence-electron chi connectivity index (χ3n) is 4.40. The van der Waals surface area contributed by atoms with E-state index in [4.69, 9.17) is 5.11 Å². The largest absolute Gasteiger partial charge is 0.396 e. The van der Waals surface area contributed by atoms with E-state index in [9.17, 15) is 9.59 Å². The van der Waals surface area contributed by atoms with Gasteiger partial charge in [0.15, 0.2) is 0 Å². The van der Waals surface area contributed by atoms with Crippen LogP contribution < -0.4 is 5.32 Å². The van der Waals surface area contributed by atoms with E-state index >= 15 is 0 Å². The van der Waals surface area contributed by atoms with E-state index in [0.29, 0.717) is 18.8 Å². The van der Waals surface area contributed by atoms with Gasteiger partial charge >= 0.3 is 11.8 Å². The Labute approximate surface area is 134 Å². The van der Waals surface area contributed by atoms with Crippen molar-refractivity contribution in [1.29, 1.82) is 0 Å². The van der Waals surface area contributed by atoms with E-state index in [2.05, 4.69) is 16.8 Å². The number of aromatic nitrogens is 1. The number of nitrogens with zero attached hydrogens (tertiary/aromatic N) is 2. The predicted molar refractivity (Wildman–Crippen MR) is 88.0 cm³/mol. The number of aryl methyl sites for hydroxylation is 1. The number of carbonyl (C=O) groups is 2. The Hall–Kier alpha value is -2.34. The lowest BCUT2D eigenvalue weighted by Crippen LogP contribution is -2.38. The monoisotopic (exact) mass is 315 g/mol. The van der Waals surface area contributed by atoms with Gasteiger partial charge in [-0.25, -0.2) is 0 Å². The van der Waals surface area contributed by atoms with Crippen molar-refractivity contribution in [2.24, 2.45) is 5.92 Å². The molecule has 2 N–H and O–H groups in total.